The van der Waals surface area contributed by atoms with E-state index >= 15 is 0 Å². The van der Waals surface area contributed by atoms with Gasteiger partial charge in [0.2, 0.25) is 0 Å². The Bertz CT molecular complexity index is 723. The molecule has 5 rings (SSSR count). The summed E-state index contributed by atoms with van der Waals surface area (Å²) in [7, 11) is 0. The molecule has 0 atom stereocenters. The van der Waals surface area contributed by atoms with Gasteiger partial charge in [0.25, 0.3) is 0 Å². The first-order chi connectivity index (χ1) is 9.74. The maximum atomic E-state index is 13.5. The smallest absolute Gasteiger partial charge is 0.153 e. The first-order valence-corrected chi connectivity index (χ1v) is 6.89. The molecule has 0 N–H and O–H groups in total. The lowest BCUT2D eigenvalue weighted by atomic mass is 9.84. The fourth-order valence-electron chi connectivity index (χ4n) is 3.28. The Morgan fingerprint density at radius 1 is 1.25 bits per heavy atom. The van der Waals surface area contributed by atoms with Crippen LogP contribution in [0.4, 0.5) is 4.39 Å². The van der Waals surface area contributed by atoms with E-state index in [1.807, 2.05) is 6.07 Å². The van der Waals surface area contributed by atoms with Gasteiger partial charge in [0.1, 0.15) is 17.2 Å². The van der Waals surface area contributed by atoms with Crippen molar-refractivity contribution in [1.29, 1.82) is 0 Å². The van der Waals surface area contributed by atoms with E-state index in [1.54, 1.807) is 0 Å². The second kappa shape index (κ2) is 4.20. The van der Waals surface area contributed by atoms with Gasteiger partial charge in [-0.3, -0.25) is 4.79 Å². The summed E-state index contributed by atoms with van der Waals surface area (Å²) in [5.74, 6) is 0.878. The molecule has 1 aromatic carbocycles. The van der Waals surface area contributed by atoms with Crippen LogP contribution in [-0.2, 0) is 0 Å². The summed E-state index contributed by atoms with van der Waals surface area (Å²) in [5.41, 5.74) is 1.93. The number of hydrogen-bond donors (Lipinski definition) is 0. The maximum absolute atomic E-state index is 13.5. The zero-order chi connectivity index (χ0) is 13.7. The van der Waals surface area contributed by atoms with Crippen LogP contribution in [0.1, 0.15) is 29.0 Å². The number of nitrogens with zero attached hydrogens (tertiary/aromatic N) is 1. The van der Waals surface area contributed by atoms with Gasteiger partial charge in [-0.2, -0.15) is 0 Å². The summed E-state index contributed by atoms with van der Waals surface area (Å²) in [4.78, 5) is 13.3. The number of carbonyl (C=O) groups excluding carboxylic acids is 1. The van der Waals surface area contributed by atoms with Crippen LogP contribution in [0.5, 0.6) is 0 Å². The highest BCUT2D eigenvalue weighted by Crippen LogP contribution is 2.39. The largest absolute Gasteiger partial charge is 0.456 e. The third kappa shape index (κ3) is 1.68. The van der Waals surface area contributed by atoms with Crippen molar-refractivity contribution in [3.05, 3.63) is 41.5 Å². The molecule has 0 unspecified atom stereocenters. The molecule has 2 aromatic rings. The molecule has 0 amide bonds. The van der Waals surface area contributed by atoms with Crippen LogP contribution >= 0.6 is 0 Å². The van der Waals surface area contributed by atoms with Gasteiger partial charge in [-0.1, -0.05) is 0 Å². The molecule has 0 saturated carbocycles. The van der Waals surface area contributed by atoms with Gasteiger partial charge in [-0.25, -0.2) is 4.39 Å². The second-order valence-corrected chi connectivity index (χ2v) is 5.54. The summed E-state index contributed by atoms with van der Waals surface area (Å²) >= 11 is 0. The van der Waals surface area contributed by atoms with E-state index < -0.39 is 5.82 Å². The van der Waals surface area contributed by atoms with Crippen LogP contribution in [0.3, 0.4) is 0 Å². The van der Waals surface area contributed by atoms with Crippen molar-refractivity contribution in [3.8, 4) is 0 Å². The number of furan rings is 1. The standard InChI is InChI=1S/C16H14FNO2/c17-13-5-11-7-15(20-16(11)12(6-13)9-19)14-8-18-3-1-10(14)2-4-18/h5-10H,1-4H2. The fourth-order valence-corrected chi connectivity index (χ4v) is 3.28. The van der Waals surface area contributed by atoms with Crippen molar-refractivity contribution in [3.63, 3.8) is 0 Å². The summed E-state index contributed by atoms with van der Waals surface area (Å²) < 4.78 is 19.3. The minimum atomic E-state index is -0.408. The molecule has 102 valence electrons. The highest BCUT2D eigenvalue weighted by Gasteiger charge is 2.29. The zero-order valence-electron chi connectivity index (χ0n) is 10.9. The summed E-state index contributed by atoms with van der Waals surface area (Å²) in [6.45, 7) is 2.20. The molecule has 2 bridgehead atoms. The minimum Gasteiger partial charge on any atom is -0.456 e. The van der Waals surface area contributed by atoms with Crippen LogP contribution in [0.25, 0.3) is 16.5 Å². The van der Waals surface area contributed by atoms with Gasteiger partial charge in [-0.15, -0.1) is 0 Å². The van der Waals surface area contributed by atoms with Crippen LogP contribution in [0.2, 0.25) is 0 Å². The molecule has 0 radical (unpaired) electrons. The Kier molecular flexibility index (Phi) is 2.46. The quantitative estimate of drug-likeness (QED) is 0.784. The van der Waals surface area contributed by atoms with E-state index in [4.69, 9.17) is 4.42 Å². The third-order valence-corrected chi connectivity index (χ3v) is 4.31. The number of halogens is 1. The van der Waals surface area contributed by atoms with Crippen molar-refractivity contribution in [1.82, 2.24) is 4.90 Å². The van der Waals surface area contributed by atoms with E-state index in [-0.39, 0.29) is 5.56 Å². The van der Waals surface area contributed by atoms with E-state index in [0.717, 1.165) is 31.7 Å². The lowest BCUT2D eigenvalue weighted by molar-refractivity contribution is 0.112. The second-order valence-electron chi connectivity index (χ2n) is 5.54. The highest BCUT2D eigenvalue weighted by atomic mass is 19.1. The molecule has 0 aliphatic carbocycles. The number of rotatable bonds is 2. The normalized spacial score (nSPS) is 18.6. The monoisotopic (exact) mass is 271 g/mol. The van der Waals surface area contributed by atoms with E-state index in [0.29, 0.717) is 23.2 Å². The molecule has 20 heavy (non-hydrogen) atoms. The number of hydrogen-bond acceptors (Lipinski definition) is 3. The van der Waals surface area contributed by atoms with Crippen molar-refractivity contribution in [2.45, 2.75) is 12.8 Å². The molecule has 1 saturated heterocycles. The first-order valence-electron chi connectivity index (χ1n) is 6.89. The Balaban J connectivity index is 1.87. The molecule has 3 aliphatic rings. The van der Waals surface area contributed by atoms with E-state index in [2.05, 4.69) is 11.1 Å². The van der Waals surface area contributed by atoms with Crippen LogP contribution in [-0.4, -0.2) is 24.3 Å². The van der Waals surface area contributed by atoms with Crippen LogP contribution in [0, 0.1) is 11.7 Å². The Labute approximate surface area is 115 Å². The van der Waals surface area contributed by atoms with Crippen LogP contribution < -0.4 is 0 Å². The number of aldehydes is 1. The molecule has 1 fully saturated rings. The Hall–Kier alpha value is -2.10. The number of piperidine rings is 1. The molecule has 3 aliphatic heterocycles. The molecule has 4 heterocycles. The summed E-state index contributed by atoms with van der Waals surface area (Å²) in [6, 6.07) is 4.48. The maximum Gasteiger partial charge on any atom is 0.153 e. The van der Waals surface area contributed by atoms with Gasteiger partial charge in [0.05, 0.1) is 5.56 Å². The third-order valence-electron chi connectivity index (χ3n) is 4.31. The Morgan fingerprint density at radius 2 is 2.05 bits per heavy atom. The molecular weight excluding hydrogens is 257 g/mol. The predicted octanol–water partition coefficient (Wildman–Crippen LogP) is 3.45. The number of allylic oxidation sites excluding steroid dienone is 1. The summed E-state index contributed by atoms with van der Waals surface area (Å²) in [5, 5.41) is 0.652. The lowest BCUT2D eigenvalue weighted by Gasteiger charge is -2.38. The predicted molar refractivity (Wildman–Crippen MR) is 73.8 cm³/mol. The molecule has 3 nitrogen and oxygen atoms in total. The Morgan fingerprint density at radius 3 is 2.70 bits per heavy atom. The first kappa shape index (κ1) is 11.7. The van der Waals surface area contributed by atoms with Crippen molar-refractivity contribution < 1.29 is 13.6 Å². The molecule has 0 spiro atoms. The van der Waals surface area contributed by atoms with Gasteiger partial charge >= 0.3 is 0 Å². The highest BCUT2D eigenvalue weighted by molar-refractivity contribution is 5.96. The van der Waals surface area contributed by atoms with Gasteiger partial charge in [0, 0.05) is 30.2 Å². The molecule has 1 aromatic heterocycles. The number of benzene rings is 1. The lowest BCUT2D eigenvalue weighted by Crippen LogP contribution is -2.35. The number of carbonyl (C=O) groups is 1. The SMILES string of the molecule is O=Cc1cc(F)cc2cc(C3=CN4CCC3CC4)oc12. The summed E-state index contributed by atoms with van der Waals surface area (Å²) in [6.07, 6.45) is 5.06. The zero-order valence-corrected chi connectivity index (χ0v) is 10.9. The van der Waals surface area contributed by atoms with E-state index in [9.17, 15) is 9.18 Å². The minimum absolute atomic E-state index is 0.271. The van der Waals surface area contributed by atoms with Gasteiger partial charge < -0.3 is 9.32 Å². The molecule has 4 heteroatoms. The average molecular weight is 271 g/mol. The van der Waals surface area contributed by atoms with Crippen molar-refractivity contribution >= 4 is 22.8 Å². The fraction of sp³-hybridized carbons (Fsp3) is 0.312. The topological polar surface area (TPSA) is 33.5 Å². The van der Waals surface area contributed by atoms with Gasteiger partial charge in [-0.05, 0) is 37.0 Å². The van der Waals surface area contributed by atoms with E-state index in [1.165, 1.54) is 17.7 Å². The van der Waals surface area contributed by atoms with Crippen molar-refractivity contribution in [2.75, 3.05) is 13.1 Å². The van der Waals surface area contributed by atoms with Gasteiger partial charge in [0.15, 0.2) is 6.29 Å². The van der Waals surface area contributed by atoms with Crippen molar-refractivity contribution in [2.24, 2.45) is 5.92 Å². The van der Waals surface area contributed by atoms with Crippen LogP contribution in [0.15, 0.2) is 28.8 Å². The average Bonchev–Trinajstić information content (AvgIpc) is 2.91. The molecular formula is C16H14FNO2. The number of fused-ring (bicyclic) bond motifs is 3.